The van der Waals surface area contributed by atoms with Crippen LogP contribution in [0.2, 0.25) is 0 Å². The summed E-state index contributed by atoms with van der Waals surface area (Å²) in [4.78, 5) is 69.8. The summed E-state index contributed by atoms with van der Waals surface area (Å²) < 4.78 is 9.44. The van der Waals surface area contributed by atoms with Crippen molar-refractivity contribution in [3.8, 4) is 34.9 Å². The van der Waals surface area contributed by atoms with Crippen molar-refractivity contribution in [3.63, 3.8) is 0 Å². The van der Waals surface area contributed by atoms with Gasteiger partial charge in [-0.25, -0.2) is 19.6 Å². The number of methoxy groups -OCH3 is 2. The van der Waals surface area contributed by atoms with Gasteiger partial charge in [-0.3, -0.25) is 9.59 Å². The Morgan fingerprint density at radius 3 is 1.77 bits per heavy atom. The van der Waals surface area contributed by atoms with Gasteiger partial charge in [-0.1, -0.05) is 45.7 Å². The standard InChI is InChI=1S/C38H46N8O6/c1-23(2)31(43-37(49)51-5)35(47)45-19-9-13-29(45)33-39-21-27(41-33)12-8-7-11-25-15-17-26(18-16-25)28-22-40-34(42-28)30-14-10-20-46(30)36(48)32(24(3)4)44-38(50)52-6/h15-18,21-24,29-32H,9-10,13-14,19-20H2,1-6H3,(H,39,41)(H,40,42)(H,43,49)(H,44,50)/t29-,30-,31-,32?/m0/s1. The first kappa shape index (κ1) is 37.5. The molecular weight excluding hydrogens is 664 g/mol. The fourth-order valence-corrected chi connectivity index (χ4v) is 6.54. The molecule has 0 aliphatic carbocycles. The third-order valence-corrected chi connectivity index (χ3v) is 9.34. The molecule has 14 nitrogen and oxygen atoms in total. The van der Waals surface area contributed by atoms with Gasteiger partial charge in [0, 0.05) is 18.7 Å². The van der Waals surface area contributed by atoms with Gasteiger partial charge in [0.2, 0.25) is 11.8 Å². The maximum atomic E-state index is 13.4. The average Bonchev–Trinajstić information content (AvgIpc) is 3.97. The second kappa shape index (κ2) is 17.0. The molecule has 4 amide bonds. The van der Waals surface area contributed by atoms with Crippen LogP contribution in [0.3, 0.4) is 0 Å². The molecule has 2 fully saturated rings. The molecule has 4 heterocycles. The number of nitrogens with zero attached hydrogens (tertiary/aromatic N) is 4. The van der Waals surface area contributed by atoms with Gasteiger partial charge in [-0.05, 0) is 73.0 Å². The van der Waals surface area contributed by atoms with E-state index in [4.69, 9.17) is 9.47 Å². The number of imidazole rings is 2. The Hall–Kier alpha value is -5.76. The highest BCUT2D eigenvalue weighted by atomic mass is 16.5. The third-order valence-electron chi connectivity index (χ3n) is 9.34. The second-order valence-electron chi connectivity index (χ2n) is 13.5. The van der Waals surface area contributed by atoms with Gasteiger partial charge in [-0.2, -0.15) is 0 Å². The predicted octanol–water partition coefficient (Wildman–Crippen LogP) is 4.29. The number of rotatable bonds is 9. The van der Waals surface area contributed by atoms with E-state index in [-0.39, 0.29) is 35.7 Å². The van der Waals surface area contributed by atoms with Crippen LogP contribution in [0.5, 0.6) is 0 Å². The lowest BCUT2D eigenvalue weighted by Gasteiger charge is -2.30. The predicted molar refractivity (Wildman–Crippen MR) is 192 cm³/mol. The minimum Gasteiger partial charge on any atom is -0.453 e. The van der Waals surface area contributed by atoms with E-state index in [1.807, 2.05) is 52.0 Å². The number of hydrogen-bond acceptors (Lipinski definition) is 8. The fraction of sp³-hybridized carbons (Fsp3) is 0.474. The number of carbonyl (C=O) groups is 4. The van der Waals surface area contributed by atoms with Crippen molar-refractivity contribution in [1.29, 1.82) is 0 Å². The Bertz CT molecular complexity index is 1880. The number of alkyl carbamates (subject to hydrolysis) is 2. The van der Waals surface area contributed by atoms with Gasteiger partial charge in [0.1, 0.15) is 29.4 Å². The van der Waals surface area contributed by atoms with E-state index < -0.39 is 24.3 Å². The molecule has 4 N–H and O–H groups in total. The zero-order valence-electron chi connectivity index (χ0n) is 30.4. The van der Waals surface area contributed by atoms with Crippen LogP contribution >= 0.6 is 0 Å². The molecule has 0 saturated carbocycles. The van der Waals surface area contributed by atoms with Crippen LogP contribution in [0.15, 0.2) is 36.7 Å². The topological polar surface area (TPSA) is 175 Å². The van der Waals surface area contributed by atoms with Crippen LogP contribution in [-0.2, 0) is 19.1 Å². The smallest absolute Gasteiger partial charge is 0.407 e. The first-order chi connectivity index (χ1) is 25.0. The molecule has 1 aromatic carbocycles. The molecule has 274 valence electrons. The van der Waals surface area contributed by atoms with Crippen molar-refractivity contribution in [1.82, 2.24) is 40.4 Å². The molecule has 4 atom stereocenters. The molecule has 2 aromatic heterocycles. The van der Waals surface area contributed by atoms with Gasteiger partial charge in [-0.15, -0.1) is 0 Å². The number of ether oxygens (including phenoxy) is 2. The fourth-order valence-electron chi connectivity index (χ4n) is 6.54. The maximum absolute atomic E-state index is 13.4. The zero-order valence-corrected chi connectivity index (χ0v) is 30.4. The van der Waals surface area contributed by atoms with Gasteiger partial charge in [0.15, 0.2) is 0 Å². The monoisotopic (exact) mass is 710 g/mol. The van der Waals surface area contributed by atoms with Gasteiger partial charge in [0.05, 0.1) is 44.4 Å². The third kappa shape index (κ3) is 8.75. The Balaban J connectivity index is 1.20. The number of aromatic nitrogens is 4. The van der Waals surface area contributed by atoms with E-state index in [0.717, 1.165) is 42.5 Å². The molecule has 1 unspecified atom stereocenters. The summed E-state index contributed by atoms with van der Waals surface area (Å²) >= 11 is 0. The number of benzene rings is 1. The number of nitrogens with one attached hydrogen (secondary N) is 4. The van der Waals surface area contributed by atoms with Crippen molar-refractivity contribution in [2.45, 2.75) is 77.5 Å². The van der Waals surface area contributed by atoms with Crippen LogP contribution in [0.25, 0.3) is 11.3 Å². The largest absolute Gasteiger partial charge is 0.453 e. The summed E-state index contributed by atoms with van der Waals surface area (Å²) in [6.07, 6.45) is 5.30. The lowest BCUT2D eigenvalue weighted by molar-refractivity contribution is -0.136. The summed E-state index contributed by atoms with van der Waals surface area (Å²) in [6.45, 7) is 8.68. The highest BCUT2D eigenvalue weighted by Gasteiger charge is 2.38. The lowest BCUT2D eigenvalue weighted by Crippen LogP contribution is -2.51. The number of hydrogen-bond donors (Lipinski definition) is 4. The van der Waals surface area contributed by atoms with Gasteiger partial charge >= 0.3 is 12.2 Å². The number of carbonyl (C=O) groups excluding carboxylic acids is 4. The van der Waals surface area contributed by atoms with Crippen molar-refractivity contribution >= 4 is 24.0 Å². The summed E-state index contributed by atoms with van der Waals surface area (Å²) in [7, 11) is 2.55. The minimum absolute atomic E-state index is 0.111. The van der Waals surface area contributed by atoms with Crippen LogP contribution in [-0.4, -0.2) is 93.1 Å². The Labute approximate surface area is 303 Å². The van der Waals surface area contributed by atoms with E-state index in [1.54, 1.807) is 22.2 Å². The molecular formula is C38H46N8O6. The van der Waals surface area contributed by atoms with E-state index in [0.29, 0.717) is 30.4 Å². The molecule has 0 spiro atoms. The molecule has 0 radical (unpaired) electrons. The number of H-pyrrole nitrogens is 2. The molecule has 2 saturated heterocycles. The number of likely N-dealkylation sites (tertiary alicyclic amines) is 2. The van der Waals surface area contributed by atoms with Crippen LogP contribution in [0.4, 0.5) is 9.59 Å². The van der Waals surface area contributed by atoms with Gasteiger partial charge in [0.25, 0.3) is 0 Å². The molecule has 2 aliphatic rings. The van der Waals surface area contributed by atoms with Crippen LogP contribution in [0.1, 0.15) is 88.4 Å². The molecule has 5 rings (SSSR count). The maximum Gasteiger partial charge on any atom is 0.407 e. The summed E-state index contributed by atoms with van der Waals surface area (Å²) in [5.41, 5.74) is 3.11. The average molecular weight is 711 g/mol. The number of aromatic amines is 2. The Kier molecular flexibility index (Phi) is 12.2. The summed E-state index contributed by atoms with van der Waals surface area (Å²) in [6, 6.07) is 5.84. The van der Waals surface area contributed by atoms with Gasteiger partial charge < -0.3 is 39.9 Å². The first-order valence-electron chi connectivity index (χ1n) is 17.5. The Morgan fingerprint density at radius 1 is 0.750 bits per heavy atom. The van der Waals surface area contributed by atoms with Crippen molar-refractivity contribution in [3.05, 3.63) is 59.6 Å². The molecule has 3 aromatic rings. The normalized spacial score (nSPS) is 17.8. The highest BCUT2D eigenvalue weighted by molar-refractivity contribution is 5.87. The quantitative estimate of drug-likeness (QED) is 0.238. The summed E-state index contributed by atoms with van der Waals surface area (Å²) in [5, 5.41) is 5.33. The molecule has 0 bridgehead atoms. The van der Waals surface area contributed by atoms with E-state index in [9.17, 15) is 19.2 Å². The van der Waals surface area contributed by atoms with E-state index in [1.165, 1.54) is 14.2 Å². The van der Waals surface area contributed by atoms with Crippen LogP contribution in [0, 0.1) is 35.5 Å². The van der Waals surface area contributed by atoms with E-state index >= 15 is 0 Å². The zero-order chi connectivity index (χ0) is 37.4. The molecule has 14 heteroatoms. The first-order valence-corrected chi connectivity index (χ1v) is 17.5. The lowest BCUT2D eigenvalue weighted by atomic mass is 10.0. The molecule has 2 aliphatic heterocycles. The highest BCUT2D eigenvalue weighted by Crippen LogP contribution is 2.33. The second-order valence-corrected chi connectivity index (χ2v) is 13.5. The SMILES string of the molecule is COC(=O)NC(C(=O)N1CCC[C@H]1c1ncc(-c2ccc(C#CC#Cc3cnc([C@@H]4CCCN4C(=O)[C@@H](NC(=O)OC)C(C)C)[nH]3)cc2)[nH]1)C(C)C. The van der Waals surface area contributed by atoms with E-state index in [2.05, 4.69) is 54.3 Å². The van der Waals surface area contributed by atoms with Crippen molar-refractivity contribution in [2.75, 3.05) is 27.3 Å². The Morgan fingerprint density at radius 2 is 1.25 bits per heavy atom. The van der Waals surface area contributed by atoms with Crippen molar-refractivity contribution in [2.24, 2.45) is 11.8 Å². The van der Waals surface area contributed by atoms with Crippen LogP contribution < -0.4 is 10.6 Å². The summed E-state index contributed by atoms with van der Waals surface area (Å²) in [5.74, 6) is 12.6. The minimum atomic E-state index is -0.703. The van der Waals surface area contributed by atoms with Crippen molar-refractivity contribution < 1.29 is 28.7 Å². The molecule has 52 heavy (non-hydrogen) atoms. The number of amides is 4.